The molecule has 1 aliphatic rings. The molecule has 4 nitrogen and oxygen atoms in total. The van der Waals surface area contributed by atoms with Crippen LogP contribution < -0.4 is 11.1 Å². The fourth-order valence-electron chi connectivity index (χ4n) is 2.11. The van der Waals surface area contributed by atoms with Gasteiger partial charge in [-0.15, -0.1) is 11.3 Å². The summed E-state index contributed by atoms with van der Waals surface area (Å²) in [5.41, 5.74) is 6.63. The Morgan fingerprint density at radius 2 is 2.29 bits per heavy atom. The number of carbonyl (C=O) groups is 1. The van der Waals surface area contributed by atoms with Gasteiger partial charge in [-0.1, -0.05) is 22.0 Å². The van der Waals surface area contributed by atoms with E-state index in [2.05, 4.69) is 21.2 Å². The summed E-state index contributed by atoms with van der Waals surface area (Å²) < 4.78 is 7.49. The summed E-state index contributed by atoms with van der Waals surface area (Å²) in [7, 11) is 0. The van der Waals surface area contributed by atoms with Gasteiger partial charge in [-0.25, -0.2) is 0 Å². The van der Waals surface area contributed by atoms with E-state index in [1.165, 1.54) is 24.2 Å². The number of amides is 1. The fourth-order valence-corrected chi connectivity index (χ4v) is 3.70. The minimum absolute atomic E-state index is 0.125. The first-order valence-electron chi connectivity index (χ1n) is 6.98. The molecule has 1 aromatic carbocycles. The zero-order valence-corrected chi connectivity index (χ0v) is 13.9. The zero-order chi connectivity index (χ0) is 14.8. The van der Waals surface area contributed by atoms with Crippen LogP contribution in [0.1, 0.15) is 22.5 Å². The van der Waals surface area contributed by atoms with E-state index < -0.39 is 0 Å². The molecule has 112 valence electrons. The van der Waals surface area contributed by atoms with Gasteiger partial charge in [0.05, 0.1) is 12.3 Å². The largest absolute Gasteiger partial charge is 0.397 e. The van der Waals surface area contributed by atoms with Gasteiger partial charge >= 0.3 is 0 Å². The normalized spacial score (nSPS) is 14.5. The van der Waals surface area contributed by atoms with Gasteiger partial charge in [-0.3, -0.25) is 4.79 Å². The number of nitrogens with two attached hydrogens (primary N) is 1. The Morgan fingerprint density at radius 1 is 1.48 bits per heavy atom. The second-order valence-electron chi connectivity index (χ2n) is 5.26. The SMILES string of the molecule is Nc1c(C(=O)NCCOCC2CC2)sc2cc(Br)ccc12. The maximum Gasteiger partial charge on any atom is 0.263 e. The van der Waals surface area contributed by atoms with Crippen LogP contribution in [0, 0.1) is 5.92 Å². The molecule has 21 heavy (non-hydrogen) atoms. The second kappa shape index (κ2) is 6.34. The quantitative estimate of drug-likeness (QED) is 0.767. The van der Waals surface area contributed by atoms with E-state index in [0.717, 1.165) is 27.1 Å². The lowest BCUT2D eigenvalue weighted by molar-refractivity contribution is 0.0911. The van der Waals surface area contributed by atoms with E-state index in [1.54, 1.807) is 0 Å². The zero-order valence-electron chi connectivity index (χ0n) is 11.5. The van der Waals surface area contributed by atoms with Crippen LogP contribution in [-0.2, 0) is 4.74 Å². The van der Waals surface area contributed by atoms with Crippen LogP contribution in [0.3, 0.4) is 0 Å². The van der Waals surface area contributed by atoms with Crippen LogP contribution in [0.15, 0.2) is 22.7 Å². The standard InChI is InChI=1S/C15H17BrN2O2S/c16-10-3-4-11-12(7-10)21-14(13(11)17)15(19)18-5-6-20-8-9-1-2-9/h3-4,7,9H,1-2,5-6,8,17H2,(H,18,19). The lowest BCUT2D eigenvalue weighted by Gasteiger charge is -2.05. The molecular formula is C15H17BrN2O2S. The molecular weight excluding hydrogens is 352 g/mol. The molecule has 0 radical (unpaired) electrons. The highest BCUT2D eigenvalue weighted by Gasteiger charge is 2.21. The van der Waals surface area contributed by atoms with Gasteiger partial charge in [0.25, 0.3) is 5.91 Å². The summed E-state index contributed by atoms with van der Waals surface area (Å²) in [6.45, 7) is 1.89. The van der Waals surface area contributed by atoms with Crippen molar-refractivity contribution < 1.29 is 9.53 Å². The van der Waals surface area contributed by atoms with E-state index in [-0.39, 0.29) is 5.91 Å². The van der Waals surface area contributed by atoms with Crippen molar-refractivity contribution >= 4 is 48.9 Å². The van der Waals surface area contributed by atoms with Gasteiger partial charge in [0.1, 0.15) is 4.88 Å². The molecule has 1 heterocycles. The Hall–Kier alpha value is -1.11. The van der Waals surface area contributed by atoms with Gasteiger partial charge in [0.15, 0.2) is 0 Å². The monoisotopic (exact) mass is 368 g/mol. The molecule has 1 amide bonds. The number of nitrogen functional groups attached to an aromatic ring is 1. The molecule has 3 rings (SSSR count). The van der Waals surface area contributed by atoms with E-state index >= 15 is 0 Å². The van der Waals surface area contributed by atoms with Crippen molar-refractivity contribution in [3.8, 4) is 0 Å². The minimum atomic E-state index is -0.125. The number of benzene rings is 1. The number of thiophene rings is 1. The third-order valence-corrected chi connectivity index (χ3v) is 5.14. The third-order valence-electron chi connectivity index (χ3n) is 3.48. The minimum Gasteiger partial charge on any atom is -0.397 e. The van der Waals surface area contributed by atoms with Crippen LogP contribution in [-0.4, -0.2) is 25.7 Å². The average Bonchev–Trinajstić information content (AvgIpc) is 3.22. The van der Waals surface area contributed by atoms with Crippen LogP contribution in [0.2, 0.25) is 0 Å². The van der Waals surface area contributed by atoms with Gasteiger partial charge < -0.3 is 15.8 Å². The maximum absolute atomic E-state index is 12.2. The van der Waals surface area contributed by atoms with E-state index in [9.17, 15) is 4.79 Å². The van der Waals surface area contributed by atoms with Crippen molar-refractivity contribution in [2.75, 3.05) is 25.5 Å². The Morgan fingerprint density at radius 3 is 3.05 bits per heavy atom. The predicted molar refractivity (Wildman–Crippen MR) is 89.8 cm³/mol. The van der Waals surface area contributed by atoms with E-state index in [0.29, 0.717) is 23.7 Å². The summed E-state index contributed by atoms with van der Waals surface area (Å²) in [6, 6.07) is 5.84. The van der Waals surface area contributed by atoms with Gasteiger partial charge in [-0.2, -0.15) is 0 Å². The Labute approximate surface area is 135 Å². The van der Waals surface area contributed by atoms with Crippen molar-refractivity contribution in [3.05, 3.63) is 27.5 Å². The topological polar surface area (TPSA) is 64.4 Å². The predicted octanol–water partition coefficient (Wildman–Crippen LogP) is 3.40. The number of anilines is 1. The third kappa shape index (κ3) is 3.56. The first kappa shape index (κ1) is 14.8. The first-order valence-corrected chi connectivity index (χ1v) is 8.59. The average molecular weight is 369 g/mol. The van der Waals surface area contributed by atoms with Gasteiger partial charge in [0, 0.05) is 27.7 Å². The molecule has 1 saturated carbocycles. The Bertz CT molecular complexity index is 667. The van der Waals surface area contributed by atoms with Gasteiger partial charge in [0.2, 0.25) is 0 Å². The number of halogens is 1. The first-order chi connectivity index (χ1) is 10.1. The highest BCUT2D eigenvalue weighted by molar-refractivity contribution is 9.10. The number of hydrogen-bond acceptors (Lipinski definition) is 4. The van der Waals surface area contributed by atoms with E-state index in [4.69, 9.17) is 10.5 Å². The Balaban J connectivity index is 1.59. The number of nitrogens with one attached hydrogen (secondary N) is 1. The van der Waals surface area contributed by atoms with Crippen LogP contribution in [0.4, 0.5) is 5.69 Å². The number of hydrogen-bond donors (Lipinski definition) is 2. The lowest BCUT2D eigenvalue weighted by Crippen LogP contribution is -2.27. The fraction of sp³-hybridized carbons (Fsp3) is 0.400. The lowest BCUT2D eigenvalue weighted by atomic mass is 10.2. The molecule has 0 spiro atoms. The molecule has 1 fully saturated rings. The van der Waals surface area contributed by atoms with Gasteiger partial charge in [-0.05, 0) is 30.9 Å². The molecule has 0 aliphatic heterocycles. The molecule has 2 aromatic rings. The number of carbonyl (C=O) groups excluding carboxylic acids is 1. The number of ether oxygens (including phenoxy) is 1. The summed E-state index contributed by atoms with van der Waals surface area (Å²) >= 11 is 4.84. The van der Waals surface area contributed by atoms with Crippen LogP contribution >= 0.6 is 27.3 Å². The summed E-state index contributed by atoms with van der Waals surface area (Å²) in [6.07, 6.45) is 2.56. The van der Waals surface area contributed by atoms with Crippen molar-refractivity contribution in [1.82, 2.24) is 5.32 Å². The summed E-state index contributed by atoms with van der Waals surface area (Å²) in [4.78, 5) is 12.8. The molecule has 1 aliphatic carbocycles. The molecule has 0 unspecified atom stereocenters. The summed E-state index contributed by atoms with van der Waals surface area (Å²) in [5, 5.41) is 3.79. The molecule has 0 atom stereocenters. The molecule has 6 heteroatoms. The number of fused-ring (bicyclic) bond motifs is 1. The van der Waals surface area contributed by atoms with Crippen LogP contribution in [0.5, 0.6) is 0 Å². The van der Waals surface area contributed by atoms with Crippen LogP contribution in [0.25, 0.3) is 10.1 Å². The number of rotatable bonds is 6. The molecule has 3 N–H and O–H groups in total. The summed E-state index contributed by atoms with van der Waals surface area (Å²) in [5.74, 6) is 0.622. The second-order valence-corrected chi connectivity index (χ2v) is 7.23. The Kier molecular flexibility index (Phi) is 4.47. The van der Waals surface area contributed by atoms with Crippen molar-refractivity contribution in [3.63, 3.8) is 0 Å². The van der Waals surface area contributed by atoms with Crippen molar-refractivity contribution in [2.45, 2.75) is 12.8 Å². The smallest absolute Gasteiger partial charge is 0.263 e. The highest BCUT2D eigenvalue weighted by Crippen LogP contribution is 2.35. The van der Waals surface area contributed by atoms with Crippen molar-refractivity contribution in [2.24, 2.45) is 5.92 Å². The molecule has 1 aromatic heterocycles. The maximum atomic E-state index is 12.2. The molecule has 0 saturated heterocycles. The highest BCUT2D eigenvalue weighted by atomic mass is 79.9. The molecule has 0 bridgehead atoms. The van der Waals surface area contributed by atoms with Crippen molar-refractivity contribution in [1.29, 1.82) is 0 Å². The van der Waals surface area contributed by atoms with E-state index in [1.807, 2.05) is 18.2 Å².